The average molecular weight is 219 g/mol. The molecular formula is C13H21N3. The summed E-state index contributed by atoms with van der Waals surface area (Å²) >= 11 is 0. The summed E-state index contributed by atoms with van der Waals surface area (Å²) in [5.74, 6) is 0. The van der Waals surface area contributed by atoms with Gasteiger partial charge in [-0.05, 0) is 37.4 Å². The molecule has 0 spiro atoms. The van der Waals surface area contributed by atoms with E-state index in [-0.39, 0.29) is 0 Å². The Bertz CT molecular complexity index is 320. The highest BCUT2D eigenvalue weighted by molar-refractivity contribution is 5.08. The van der Waals surface area contributed by atoms with Gasteiger partial charge < -0.3 is 10.3 Å². The summed E-state index contributed by atoms with van der Waals surface area (Å²) in [6, 6.07) is 3.68. The zero-order chi connectivity index (χ0) is 10.8. The SMILES string of the molecule is c1cc(CNC2CCN3CCCCC23)c[nH]1. The standard InChI is InChI=1S/C13H21N3/c1-2-7-16-8-5-12(13(16)3-1)15-10-11-4-6-14-9-11/h4,6,9,12-15H,1-3,5,7-8,10H2. The van der Waals surface area contributed by atoms with Crippen molar-refractivity contribution in [2.75, 3.05) is 13.1 Å². The third kappa shape index (κ3) is 2.02. The van der Waals surface area contributed by atoms with E-state index >= 15 is 0 Å². The van der Waals surface area contributed by atoms with Gasteiger partial charge in [-0.2, -0.15) is 0 Å². The van der Waals surface area contributed by atoms with Crippen LogP contribution in [-0.2, 0) is 6.54 Å². The monoisotopic (exact) mass is 219 g/mol. The van der Waals surface area contributed by atoms with Crippen molar-refractivity contribution < 1.29 is 0 Å². The number of hydrogen-bond donors (Lipinski definition) is 2. The first-order valence-electron chi connectivity index (χ1n) is 6.52. The summed E-state index contributed by atoms with van der Waals surface area (Å²) in [4.78, 5) is 5.79. The van der Waals surface area contributed by atoms with Crippen molar-refractivity contribution in [1.82, 2.24) is 15.2 Å². The number of nitrogens with one attached hydrogen (secondary N) is 2. The van der Waals surface area contributed by atoms with Gasteiger partial charge in [-0.25, -0.2) is 0 Å². The van der Waals surface area contributed by atoms with Crippen LogP contribution in [0.25, 0.3) is 0 Å². The molecule has 3 heteroatoms. The van der Waals surface area contributed by atoms with Gasteiger partial charge in [0.2, 0.25) is 0 Å². The van der Waals surface area contributed by atoms with E-state index in [1.165, 1.54) is 44.3 Å². The van der Waals surface area contributed by atoms with E-state index in [4.69, 9.17) is 0 Å². The van der Waals surface area contributed by atoms with Crippen LogP contribution in [0.15, 0.2) is 18.5 Å². The number of hydrogen-bond acceptors (Lipinski definition) is 2. The molecule has 1 aromatic rings. The molecule has 2 fully saturated rings. The average Bonchev–Trinajstić information content (AvgIpc) is 2.96. The number of rotatable bonds is 3. The highest BCUT2D eigenvalue weighted by Gasteiger charge is 2.34. The molecule has 2 unspecified atom stereocenters. The minimum atomic E-state index is 0.718. The normalized spacial score (nSPS) is 30.5. The highest BCUT2D eigenvalue weighted by Crippen LogP contribution is 2.27. The fourth-order valence-corrected chi connectivity index (χ4v) is 3.20. The maximum absolute atomic E-state index is 3.72. The lowest BCUT2D eigenvalue weighted by atomic mass is 9.99. The third-order valence-electron chi connectivity index (χ3n) is 4.09. The minimum Gasteiger partial charge on any atom is -0.367 e. The van der Waals surface area contributed by atoms with Gasteiger partial charge in [0.25, 0.3) is 0 Å². The smallest absolute Gasteiger partial charge is 0.0249 e. The molecule has 2 N–H and O–H groups in total. The molecule has 16 heavy (non-hydrogen) atoms. The van der Waals surface area contributed by atoms with Crippen LogP contribution in [0.3, 0.4) is 0 Å². The van der Waals surface area contributed by atoms with E-state index in [1.807, 2.05) is 6.20 Å². The molecule has 0 aliphatic carbocycles. The molecule has 2 aliphatic rings. The maximum atomic E-state index is 3.72. The molecule has 0 saturated carbocycles. The first kappa shape index (κ1) is 10.4. The van der Waals surface area contributed by atoms with Crippen LogP contribution in [0.4, 0.5) is 0 Å². The summed E-state index contributed by atoms with van der Waals surface area (Å²) in [7, 11) is 0. The summed E-state index contributed by atoms with van der Waals surface area (Å²) in [5.41, 5.74) is 1.37. The van der Waals surface area contributed by atoms with Gasteiger partial charge in [-0.15, -0.1) is 0 Å². The molecule has 3 heterocycles. The Kier molecular flexibility index (Phi) is 2.98. The van der Waals surface area contributed by atoms with E-state index in [0.717, 1.165) is 18.6 Å². The van der Waals surface area contributed by atoms with Crippen molar-refractivity contribution in [3.8, 4) is 0 Å². The molecule has 0 aromatic carbocycles. The van der Waals surface area contributed by atoms with Crippen LogP contribution < -0.4 is 5.32 Å². The lowest BCUT2D eigenvalue weighted by Gasteiger charge is -2.32. The van der Waals surface area contributed by atoms with Gasteiger partial charge in [0.15, 0.2) is 0 Å². The number of nitrogens with zero attached hydrogens (tertiary/aromatic N) is 1. The van der Waals surface area contributed by atoms with Gasteiger partial charge in [0.05, 0.1) is 0 Å². The Labute approximate surface area is 97.2 Å². The summed E-state index contributed by atoms with van der Waals surface area (Å²) < 4.78 is 0. The van der Waals surface area contributed by atoms with Crippen LogP contribution in [0.5, 0.6) is 0 Å². The van der Waals surface area contributed by atoms with Gasteiger partial charge in [-0.3, -0.25) is 4.90 Å². The second kappa shape index (κ2) is 4.60. The molecule has 2 aliphatic heterocycles. The fraction of sp³-hybridized carbons (Fsp3) is 0.692. The Morgan fingerprint density at radius 2 is 2.31 bits per heavy atom. The Morgan fingerprint density at radius 1 is 1.31 bits per heavy atom. The largest absolute Gasteiger partial charge is 0.367 e. The molecule has 0 amide bonds. The predicted octanol–water partition coefficient (Wildman–Crippen LogP) is 1.73. The second-order valence-corrected chi connectivity index (χ2v) is 5.09. The summed E-state index contributed by atoms with van der Waals surface area (Å²) in [6.45, 7) is 3.64. The molecule has 2 atom stereocenters. The Morgan fingerprint density at radius 3 is 3.19 bits per heavy atom. The maximum Gasteiger partial charge on any atom is 0.0249 e. The van der Waals surface area contributed by atoms with Gasteiger partial charge >= 0.3 is 0 Å². The quantitative estimate of drug-likeness (QED) is 0.811. The van der Waals surface area contributed by atoms with E-state index in [0.29, 0.717) is 0 Å². The van der Waals surface area contributed by atoms with Crippen molar-refractivity contribution in [1.29, 1.82) is 0 Å². The first-order valence-corrected chi connectivity index (χ1v) is 6.52. The van der Waals surface area contributed by atoms with Gasteiger partial charge in [-0.1, -0.05) is 6.42 Å². The molecule has 3 nitrogen and oxygen atoms in total. The third-order valence-corrected chi connectivity index (χ3v) is 4.09. The van der Waals surface area contributed by atoms with Gasteiger partial charge in [0, 0.05) is 37.6 Å². The van der Waals surface area contributed by atoms with Crippen LogP contribution in [-0.4, -0.2) is 35.1 Å². The van der Waals surface area contributed by atoms with Crippen LogP contribution >= 0.6 is 0 Å². The minimum absolute atomic E-state index is 0.718. The Balaban J connectivity index is 1.55. The van der Waals surface area contributed by atoms with Crippen molar-refractivity contribution in [2.24, 2.45) is 0 Å². The summed E-state index contributed by atoms with van der Waals surface area (Å²) in [6.07, 6.45) is 9.63. The lowest BCUT2D eigenvalue weighted by Crippen LogP contribution is -2.44. The number of aromatic amines is 1. The van der Waals surface area contributed by atoms with Crippen molar-refractivity contribution >= 4 is 0 Å². The number of H-pyrrole nitrogens is 1. The topological polar surface area (TPSA) is 31.1 Å². The van der Waals surface area contributed by atoms with Crippen LogP contribution in [0.1, 0.15) is 31.2 Å². The zero-order valence-electron chi connectivity index (χ0n) is 9.78. The van der Waals surface area contributed by atoms with Crippen molar-refractivity contribution in [2.45, 2.75) is 44.3 Å². The Hall–Kier alpha value is -0.800. The lowest BCUT2D eigenvalue weighted by molar-refractivity contribution is 0.180. The molecule has 1 aromatic heterocycles. The van der Waals surface area contributed by atoms with Gasteiger partial charge in [0.1, 0.15) is 0 Å². The number of aromatic nitrogens is 1. The van der Waals surface area contributed by atoms with E-state index in [9.17, 15) is 0 Å². The van der Waals surface area contributed by atoms with Crippen LogP contribution in [0.2, 0.25) is 0 Å². The number of piperidine rings is 1. The summed E-state index contributed by atoms with van der Waals surface area (Å²) in [5, 5.41) is 3.72. The zero-order valence-corrected chi connectivity index (χ0v) is 9.78. The van der Waals surface area contributed by atoms with E-state index in [2.05, 4.69) is 27.5 Å². The predicted molar refractivity (Wildman–Crippen MR) is 65.2 cm³/mol. The van der Waals surface area contributed by atoms with Crippen molar-refractivity contribution in [3.05, 3.63) is 24.0 Å². The molecule has 2 saturated heterocycles. The molecule has 88 valence electrons. The second-order valence-electron chi connectivity index (χ2n) is 5.09. The van der Waals surface area contributed by atoms with Crippen molar-refractivity contribution in [3.63, 3.8) is 0 Å². The first-order chi connectivity index (χ1) is 7.93. The van der Waals surface area contributed by atoms with E-state index < -0.39 is 0 Å². The molecule has 0 radical (unpaired) electrons. The number of fused-ring (bicyclic) bond motifs is 1. The highest BCUT2D eigenvalue weighted by atomic mass is 15.2. The molecule has 3 rings (SSSR count). The fourth-order valence-electron chi connectivity index (χ4n) is 3.20. The molecular weight excluding hydrogens is 198 g/mol. The molecule has 0 bridgehead atoms. The van der Waals surface area contributed by atoms with E-state index in [1.54, 1.807) is 0 Å². The van der Waals surface area contributed by atoms with Crippen LogP contribution in [0, 0.1) is 0 Å².